The Kier molecular flexibility index (Phi) is 3.05. The largest absolute Gasteiger partial charge is 0.479 e. The van der Waals surface area contributed by atoms with Crippen molar-refractivity contribution in [1.29, 1.82) is 0 Å². The van der Waals surface area contributed by atoms with Crippen molar-refractivity contribution in [3.8, 4) is 0 Å². The van der Waals surface area contributed by atoms with Crippen LogP contribution < -0.4 is 5.32 Å². The van der Waals surface area contributed by atoms with Crippen LogP contribution in [0.1, 0.15) is 18.7 Å². The van der Waals surface area contributed by atoms with E-state index in [4.69, 9.17) is 14.4 Å². The first-order chi connectivity index (χ1) is 8.06. The minimum atomic E-state index is -1.06. The molecule has 0 aliphatic carbocycles. The van der Waals surface area contributed by atoms with Crippen LogP contribution in [0.3, 0.4) is 0 Å². The maximum atomic E-state index is 11.6. The molecule has 8 nitrogen and oxygen atoms in total. The van der Waals surface area contributed by atoms with Gasteiger partial charge in [0.25, 0.3) is 5.91 Å². The summed E-state index contributed by atoms with van der Waals surface area (Å²) in [6.45, 7) is 1.62. The Bertz CT molecular complexity index is 444. The number of hydrogen-bond donors (Lipinski definition) is 2. The molecule has 2 heterocycles. The van der Waals surface area contributed by atoms with Crippen LogP contribution in [0.15, 0.2) is 4.52 Å². The third-order valence-corrected chi connectivity index (χ3v) is 2.35. The second kappa shape index (κ2) is 4.50. The number of anilines is 1. The number of carboxylic acid groups (broad SMARTS) is 1. The Morgan fingerprint density at radius 2 is 2.12 bits per heavy atom. The SMILES string of the molecule is Cc1noc(NC(=O)[C@@H]2CC[C@H](C(=O)O)O2)n1. The quantitative estimate of drug-likeness (QED) is 0.762. The second-order valence-electron chi connectivity index (χ2n) is 3.66. The van der Waals surface area contributed by atoms with Gasteiger partial charge in [-0.3, -0.25) is 10.1 Å². The minimum absolute atomic E-state index is 0.0186. The minimum Gasteiger partial charge on any atom is -0.479 e. The molecule has 2 rings (SSSR count). The predicted molar refractivity (Wildman–Crippen MR) is 53.2 cm³/mol. The molecule has 1 aliphatic rings. The van der Waals surface area contributed by atoms with Gasteiger partial charge in [-0.15, -0.1) is 0 Å². The second-order valence-corrected chi connectivity index (χ2v) is 3.66. The Labute approximate surface area is 95.9 Å². The summed E-state index contributed by atoms with van der Waals surface area (Å²) in [5.41, 5.74) is 0. The van der Waals surface area contributed by atoms with E-state index in [9.17, 15) is 9.59 Å². The summed E-state index contributed by atoms with van der Waals surface area (Å²) in [6, 6.07) is -0.0186. The summed E-state index contributed by atoms with van der Waals surface area (Å²) in [7, 11) is 0. The van der Waals surface area contributed by atoms with Crippen LogP contribution >= 0.6 is 0 Å². The molecule has 1 aliphatic heterocycles. The van der Waals surface area contributed by atoms with Crippen LogP contribution in [-0.4, -0.2) is 39.3 Å². The molecule has 0 radical (unpaired) electrons. The average molecular weight is 241 g/mol. The number of ether oxygens (including phenoxy) is 1. The molecule has 1 amide bonds. The highest BCUT2D eigenvalue weighted by Crippen LogP contribution is 2.21. The van der Waals surface area contributed by atoms with Crippen molar-refractivity contribution in [2.24, 2.45) is 0 Å². The van der Waals surface area contributed by atoms with Gasteiger partial charge >= 0.3 is 12.0 Å². The molecule has 1 aromatic rings. The van der Waals surface area contributed by atoms with Gasteiger partial charge in [0.2, 0.25) is 0 Å². The van der Waals surface area contributed by atoms with Gasteiger partial charge in [-0.2, -0.15) is 4.98 Å². The first-order valence-corrected chi connectivity index (χ1v) is 5.05. The van der Waals surface area contributed by atoms with Crippen LogP contribution in [0.4, 0.5) is 6.01 Å². The zero-order valence-electron chi connectivity index (χ0n) is 9.04. The third-order valence-electron chi connectivity index (χ3n) is 2.35. The van der Waals surface area contributed by atoms with Crippen molar-refractivity contribution in [3.05, 3.63) is 5.82 Å². The summed E-state index contributed by atoms with van der Waals surface area (Å²) in [4.78, 5) is 26.1. The number of nitrogens with one attached hydrogen (secondary N) is 1. The molecule has 1 aromatic heterocycles. The van der Waals surface area contributed by atoms with Gasteiger partial charge in [0.1, 0.15) is 6.10 Å². The molecule has 0 saturated carbocycles. The van der Waals surface area contributed by atoms with Gasteiger partial charge in [-0.25, -0.2) is 4.79 Å². The van der Waals surface area contributed by atoms with Crippen LogP contribution in [0, 0.1) is 6.92 Å². The lowest BCUT2D eigenvalue weighted by atomic mass is 10.2. The third kappa shape index (κ3) is 2.59. The predicted octanol–water partition coefficient (Wildman–Crippen LogP) is -0.0513. The van der Waals surface area contributed by atoms with E-state index in [0.717, 1.165) is 0 Å². The molecule has 92 valence electrons. The van der Waals surface area contributed by atoms with E-state index >= 15 is 0 Å². The molecule has 2 N–H and O–H groups in total. The Morgan fingerprint density at radius 1 is 1.41 bits per heavy atom. The maximum Gasteiger partial charge on any atom is 0.332 e. The lowest BCUT2D eigenvalue weighted by Crippen LogP contribution is -2.30. The average Bonchev–Trinajstić information content (AvgIpc) is 2.86. The van der Waals surface area contributed by atoms with Crippen molar-refractivity contribution in [1.82, 2.24) is 10.1 Å². The fourth-order valence-corrected chi connectivity index (χ4v) is 1.55. The first-order valence-electron chi connectivity index (χ1n) is 5.05. The van der Waals surface area contributed by atoms with Gasteiger partial charge in [-0.05, 0) is 19.8 Å². The van der Waals surface area contributed by atoms with Gasteiger partial charge in [0.15, 0.2) is 11.9 Å². The van der Waals surface area contributed by atoms with Crippen molar-refractivity contribution in [3.63, 3.8) is 0 Å². The van der Waals surface area contributed by atoms with E-state index in [1.807, 2.05) is 0 Å². The number of aromatic nitrogens is 2. The summed E-state index contributed by atoms with van der Waals surface area (Å²) < 4.78 is 9.77. The zero-order chi connectivity index (χ0) is 12.4. The van der Waals surface area contributed by atoms with Crippen LogP contribution in [0.5, 0.6) is 0 Å². The van der Waals surface area contributed by atoms with Gasteiger partial charge < -0.3 is 14.4 Å². The molecule has 1 fully saturated rings. The maximum absolute atomic E-state index is 11.6. The van der Waals surface area contributed by atoms with Crippen LogP contribution in [-0.2, 0) is 14.3 Å². The Hall–Kier alpha value is -1.96. The highest BCUT2D eigenvalue weighted by atomic mass is 16.5. The van der Waals surface area contributed by atoms with Crippen molar-refractivity contribution >= 4 is 17.9 Å². The highest BCUT2D eigenvalue weighted by molar-refractivity contribution is 5.93. The lowest BCUT2D eigenvalue weighted by molar-refractivity contribution is -0.150. The molecule has 0 spiro atoms. The van der Waals surface area contributed by atoms with E-state index in [2.05, 4.69) is 15.5 Å². The summed E-state index contributed by atoms with van der Waals surface area (Å²) >= 11 is 0. The van der Waals surface area contributed by atoms with Crippen molar-refractivity contribution in [2.45, 2.75) is 32.0 Å². The number of aliphatic carboxylic acids is 1. The Morgan fingerprint density at radius 3 is 2.65 bits per heavy atom. The fraction of sp³-hybridized carbons (Fsp3) is 0.556. The monoisotopic (exact) mass is 241 g/mol. The molecule has 2 atom stereocenters. The molecule has 0 aromatic carbocycles. The number of carbonyl (C=O) groups excluding carboxylic acids is 1. The topological polar surface area (TPSA) is 115 Å². The van der Waals surface area contributed by atoms with E-state index in [0.29, 0.717) is 18.7 Å². The molecule has 1 saturated heterocycles. The summed E-state index contributed by atoms with van der Waals surface area (Å²) in [5, 5.41) is 14.6. The molecule has 17 heavy (non-hydrogen) atoms. The first kappa shape index (κ1) is 11.5. The normalized spacial score (nSPS) is 23.6. The van der Waals surface area contributed by atoms with E-state index in [-0.39, 0.29) is 6.01 Å². The summed E-state index contributed by atoms with van der Waals surface area (Å²) in [5.74, 6) is -1.14. The molecule has 8 heteroatoms. The number of rotatable bonds is 3. The Balaban J connectivity index is 1.91. The van der Waals surface area contributed by atoms with Crippen molar-refractivity contribution in [2.75, 3.05) is 5.32 Å². The van der Waals surface area contributed by atoms with Crippen LogP contribution in [0.2, 0.25) is 0 Å². The number of nitrogens with zero attached hydrogens (tertiary/aromatic N) is 2. The van der Waals surface area contributed by atoms with Gasteiger partial charge in [-0.1, -0.05) is 5.16 Å². The number of carboxylic acids is 1. The number of hydrogen-bond acceptors (Lipinski definition) is 6. The number of aryl methyl sites for hydroxylation is 1. The van der Waals surface area contributed by atoms with E-state index < -0.39 is 24.1 Å². The number of carbonyl (C=O) groups is 2. The number of amides is 1. The van der Waals surface area contributed by atoms with Gasteiger partial charge in [0, 0.05) is 0 Å². The molecular formula is C9H11N3O5. The molecule has 0 bridgehead atoms. The summed E-state index contributed by atoms with van der Waals surface area (Å²) in [6.07, 6.45) is -1.04. The highest BCUT2D eigenvalue weighted by Gasteiger charge is 2.35. The zero-order valence-corrected chi connectivity index (χ0v) is 9.04. The molecular weight excluding hydrogens is 230 g/mol. The van der Waals surface area contributed by atoms with E-state index in [1.54, 1.807) is 6.92 Å². The lowest BCUT2D eigenvalue weighted by Gasteiger charge is -2.09. The smallest absolute Gasteiger partial charge is 0.332 e. The molecule has 0 unspecified atom stereocenters. The fourth-order valence-electron chi connectivity index (χ4n) is 1.55. The van der Waals surface area contributed by atoms with E-state index in [1.165, 1.54) is 0 Å². The standard InChI is InChI=1S/C9H11N3O5/c1-4-10-9(17-12-4)11-7(13)5-2-3-6(16-5)8(14)15/h5-6H,2-3H2,1H3,(H,14,15)(H,10,11,12,13)/t5-,6+/m0/s1. The van der Waals surface area contributed by atoms with Crippen LogP contribution in [0.25, 0.3) is 0 Å². The van der Waals surface area contributed by atoms with Crippen molar-refractivity contribution < 1.29 is 24.0 Å². The van der Waals surface area contributed by atoms with Gasteiger partial charge in [0.05, 0.1) is 0 Å².